The quantitative estimate of drug-likeness (QED) is 0.934. The average molecular weight is 328 g/mol. The van der Waals surface area contributed by atoms with Crippen LogP contribution < -0.4 is 5.32 Å². The topological polar surface area (TPSA) is 54.7 Å². The van der Waals surface area contributed by atoms with Crippen LogP contribution in [-0.4, -0.2) is 36.1 Å². The number of hydrogen-bond acceptors (Lipinski definition) is 4. The number of carbonyl (C=O) groups excluding carboxylic acids is 1. The fourth-order valence-electron chi connectivity index (χ4n) is 3.03. The van der Waals surface area contributed by atoms with E-state index in [1.54, 1.807) is 0 Å². The highest BCUT2D eigenvalue weighted by Gasteiger charge is 2.26. The number of morpholine rings is 1. The first-order valence-corrected chi connectivity index (χ1v) is 8.35. The van der Waals surface area contributed by atoms with E-state index in [2.05, 4.69) is 5.32 Å². The zero-order valence-corrected chi connectivity index (χ0v) is 14.4. The number of amides is 1. The molecule has 2 atom stereocenters. The number of aryl methyl sites for hydroxylation is 1. The van der Waals surface area contributed by atoms with E-state index >= 15 is 0 Å². The molecule has 24 heavy (non-hydrogen) atoms. The minimum absolute atomic E-state index is 0.0604. The number of nitrogens with one attached hydrogen (secondary N) is 1. The van der Waals surface area contributed by atoms with Crippen molar-refractivity contribution in [2.75, 3.05) is 18.4 Å². The minimum Gasteiger partial charge on any atom is -0.465 e. The van der Waals surface area contributed by atoms with Crippen molar-refractivity contribution in [3.8, 4) is 0 Å². The van der Waals surface area contributed by atoms with E-state index in [0.29, 0.717) is 25.2 Å². The summed E-state index contributed by atoms with van der Waals surface area (Å²) in [7, 11) is 0. The highest BCUT2D eigenvalue weighted by atomic mass is 16.5. The van der Waals surface area contributed by atoms with Gasteiger partial charge in [0.05, 0.1) is 18.8 Å². The van der Waals surface area contributed by atoms with Crippen molar-refractivity contribution in [2.45, 2.75) is 39.5 Å². The van der Waals surface area contributed by atoms with Gasteiger partial charge in [0.2, 0.25) is 0 Å². The van der Waals surface area contributed by atoms with Crippen molar-refractivity contribution >= 4 is 11.6 Å². The summed E-state index contributed by atoms with van der Waals surface area (Å²) in [5.41, 5.74) is 1.67. The van der Waals surface area contributed by atoms with Gasteiger partial charge in [-0.1, -0.05) is 0 Å². The summed E-state index contributed by atoms with van der Waals surface area (Å²) in [6.07, 6.45) is 0.158. The summed E-state index contributed by atoms with van der Waals surface area (Å²) in [6, 6.07) is 11.5. The molecular formula is C19H24N2O3. The first-order chi connectivity index (χ1) is 11.5. The molecule has 1 aliphatic rings. The normalized spacial score (nSPS) is 20.9. The number of anilines is 1. The average Bonchev–Trinajstić information content (AvgIpc) is 2.97. The lowest BCUT2D eigenvalue weighted by atomic mass is 10.1. The molecule has 5 nitrogen and oxygen atoms in total. The highest BCUT2D eigenvalue weighted by Crippen LogP contribution is 2.17. The van der Waals surface area contributed by atoms with Gasteiger partial charge in [0.15, 0.2) is 0 Å². The maximum Gasteiger partial charge on any atom is 0.254 e. The standard InChI is InChI=1S/C19H24N2O3/c1-13-4-9-18(24-13)10-20-17-7-5-16(6-8-17)19(22)21-11-14(2)23-15(3)12-21/h4-9,14-15,20H,10-12H2,1-3H3/t14-,15-/m1/s1. The van der Waals surface area contributed by atoms with Gasteiger partial charge < -0.3 is 19.4 Å². The van der Waals surface area contributed by atoms with Gasteiger partial charge in [-0.05, 0) is 57.2 Å². The molecule has 0 spiro atoms. The van der Waals surface area contributed by atoms with Crippen LogP contribution in [-0.2, 0) is 11.3 Å². The Balaban J connectivity index is 1.60. The summed E-state index contributed by atoms with van der Waals surface area (Å²) in [6.45, 7) is 7.83. The second kappa shape index (κ2) is 7.09. The summed E-state index contributed by atoms with van der Waals surface area (Å²) in [5, 5.41) is 3.30. The Morgan fingerprint density at radius 2 is 1.79 bits per heavy atom. The van der Waals surface area contributed by atoms with E-state index in [-0.39, 0.29) is 18.1 Å². The predicted molar refractivity (Wildman–Crippen MR) is 93.1 cm³/mol. The van der Waals surface area contributed by atoms with Crippen LogP contribution in [0.5, 0.6) is 0 Å². The molecule has 128 valence electrons. The molecule has 1 aliphatic heterocycles. The summed E-state index contributed by atoms with van der Waals surface area (Å²) >= 11 is 0. The first-order valence-electron chi connectivity index (χ1n) is 8.35. The summed E-state index contributed by atoms with van der Waals surface area (Å²) in [5.74, 6) is 1.86. The number of rotatable bonds is 4. The zero-order valence-electron chi connectivity index (χ0n) is 14.4. The van der Waals surface area contributed by atoms with E-state index < -0.39 is 0 Å². The van der Waals surface area contributed by atoms with E-state index in [0.717, 1.165) is 17.2 Å². The van der Waals surface area contributed by atoms with Crippen LogP contribution in [0.25, 0.3) is 0 Å². The van der Waals surface area contributed by atoms with Crippen LogP contribution in [0, 0.1) is 6.92 Å². The number of ether oxygens (including phenoxy) is 1. The lowest BCUT2D eigenvalue weighted by Gasteiger charge is -2.35. The number of carbonyl (C=O) groups is 1. The van der Waals surface area contributed by atoms with Gasteiger partial charge in [0.25, 0.3) is 5.91 Å². The van der Waals surface area contributed by atoms with Crippen molar-refractivity contribution < 1.29 is 13.9 Å². The summed E-state index contributed by atoms with van der Waals surface area (Å²) < 4.78 is 11.2. The fourth-order valence-corrected chi connectivity index (χ4v) is 3.03. The summed E-state index contributed by atoms with van der Waals surface area (Å²) in [4.78, 5) is 14.5. The van der Waals surface area contributed by atoms with Crippen LogP contribution in [0.3, 0.4) is 0 Å². The molecule has 2 aromatic rings. The molecule has 2 heterocycles. The molecule has 0 radical (unpaired) electrons. The van der Waals surface area contributed by atoms with Crippen molar-refractivity contribution in [1.29, 1.82) is 0 Å². The van der Waals surface area contributed by atoms with Gasteiger partial charge >= 0.3 is 0 Å². The van der Waals surface area contributed by atoms with Gasteiger partial charge in [-0.2, -0.15) is 0 Å². The third kappa shape index (κ3) is 3.97. The van der Waals surface area contributed by atoms with Crippen molar-refractivity contribution in [1.82, 2.24) is 4.90 Å². The van der Waals surface area contributed by atoms with Gasteiger partial charge in [0.1, 0.15) is 11.5 Å². The van der Waals surface area contributed by atoms with E-state index in [9.17, 15) is 4.79 Å². The molecule has 5 heteroatoms. The van der Waals surface area contributed by atoms with Crippen LogP contribution in [0.4, 0.5) is 5.69 Å². The van der Waals surface area contributed by atoms with Gasteiger partial charge in [-0.25, -0.2) is 0 Å². The third-order valence-electron chi connectivity index (χ3n) is 4.10. The molecule has 3 rings (SSSR count). The molecule has 0 aliphatic carbocycles. The molecule has 1 amide bonds. The first kappa shape index (κ1) is 16.6. The maximum absolute atomic E-state index is 12.6. The molecular weight excluding hydrogens is 304 g/mol. The Kier molecular flexibility index (Phi) is 4.90. The van der Waals surface area contributed by atoms with Crippen molar-refractivity contribution in [3.05, 3.63) is 53.5 Å². The molecule has 0 unspecified atom stereocenters. The number of hydrogen-bond donors (Lipinski definition) is 1. The Hall–Kier alpha value is -2.27. The third-order valence-corrected chi connectivity index (χ3v) is 4.10. The van der Waals surface area contributed by atoms with Crippen LogP contribution in [0.15, 0.2) is 40.8 Å². The molecule has 1 N–H and O–H groups in total. The van der Waals surface area contributed by atoms with Crippen LogP contribution in [0.1, 0.15) is 35.7 Å². The van der Waals surface area contributed by atoms with Gasteiger partial charge in [-0.3, -0.25) is 4.79 Å². The Labute approximate surface area is 142 Å². The SMILES string of the molecule is Cc1ccc(CNc2ccc(C(=O)N3C[C@@H](C)O[C@H](C)C3)cc2)o1. The molecule has 1 saturated heterocycles. The lowest BCUT2D eigenvalue weighted by molar-refractivity contribution is -0.0586. The molecule has 1 aromatic heterocycles. The highest BCUT2D eigenvalue weighted by molar-refractivity contribution is 5.94. The molecule has 0 saturated carbocycles. The largest absolute Gasteiger partial charge is 0.465 e. The Morgan fingerprint density at radius 3 is 2.38 bits per heavy atom. The molecule has 1 fully saturated rings. The number of nitrogens with zero attached hydrogens (tertiary/aromatic N) is 1. The van der Waals surface area contributed by atoms with Gasteiger partial charge in [0, 0.05) is 24.3 Å². The van der Waals surface area contributed by atoms with Crippen LogP contribution in [0.2, 0.25) is 0 Å². The smallest absolute Gasteiger partial charge is 0.254 e. The Morgan fingerprint density at radius 1 is 1.12 bits per heavy atom. The maximum atomic E-state index is 12.6. The van der Waals surface area contributed by atoms with Crippen molar-refractivity contribution in [3.63, 3.8) is 0 Å². The Bertz CT molecular complexity index is 683. The predicted octanol–water partition coefficient (Wildman–Crippen LogP) is 3.45. The minimum atomic E-state index is 0.0604. The molecule has 0 bridgehead atoms. The van der Waals surface area contributed by atoms with E-state index in [4.69, 9.17) is 9.15 Å². The van der Waals surface area contributed by atoms with Crippen molar-refractivity contribution in [2.24, 2.45) is 0 Å². The zero-order chi connectivity index (χ0) is 17.1. The van der Waals surface area contributed by atoms with E-state index in [1.807, 2.05) is 62.1 Å². The second-order valence-electron chi connectivity index (χ2n) is 6.41. The van der Waals surface area contributed by atoms with Crippen LogP contribution >= 0.6 is 0 Å². The fraction of sp³-hybridized carbons (Fsp3) is 0.421. The monoisotopic (exact) mass is 328 g/mol. The number of benzene rings is 1. The van der Waals surface area contributed by atoms with Gasteiger partial charge in [-0.15, -0.1) is 0 Å². The number of furan rings is 1. The molecule has 1 aromatic carbocycles. The lowest BCUT2D eigenvalue weighted by Crippen LogP contribution is -2.48. The second-order valence-corrected chi connectivity index (χ2v) is 6.41. The van der Waals surface area contributed by atoms with E-state index in [1.165, 1.54) is 0 Å².